The molecule has 3 rings (SSSR count). The average molecular weight is 328 g/mol. The SMILES string of the molecule is COc1cccc(CCNC(=O)C2NCc3ncncc32)c1OC. The number of methoxy groups -OCH3 is 2. The predicted molar refractivity (Wildman–Crippen MR) is 87.9 cm³/mol. The molecule has 1 atom stereocenters. The van der Waals surface area contributed by atoms with Crippen molar-refractivity contribution in [2.75, 3.05) is 20.8 Å². The maximum absolute atomic E-state index is 12.4. The van der Waals surface area contributed by atoms with Gasteiger partial charge in [0.25, 0.3) is 0 Å². The van der Waals surface area contributed by atoms with E-state index in [0.717, 1.165) is 16.8 Å². The molecule has 0 saturated carbocycles. The summed E-state index contributed by atoms with van der Waals surface area (Å²) in [6.45, 7) is 1.09. The maximum Gasteiger partial charge on any atom is 0.241 e. The first kappa shape index (κ1) is 16.2. The second kappa shape index (κ2) is 7.27. The number of ether oxygens (including phenoxy) is 2. The molecule has 1 amide bonds. The summed E-state index contributed by atoms with van der Waals surface area (Å²) in [5.41, 5.74) is 2.70. The van der Waals surface area contributed by atoms with Crippen molar-refractivity contribution in [1.82, 2.24) is 20.6 Å². The molecule has 0 aliphatic carbocycles. The molecule has 0 saturated heterocycles. The smallest absolute Gasteiger partial charge is 0.241 e. The van der Waals surface area contributed by atoms with Gasteiger partial charge in [0.05, 0.1) is 19.9 Å². The van der Waals surface area contributed by atoms with Crippen LogP contribution in [0.1, 0.15) is 22.9 Å². The average Bonchev–Trinajstić information content (AvgIpc) is 3.05. The molecule has 126 valence electrons. The van der Waals surface area contributed by atoms with E-state index in [9.17, 15) is 4.79 Å². The number of hydrogen-bond donors (Lipinski definition) is 2. The van der Waals surface area contributed by atoms with Crippen molar-refractivity contribution >= 4 is 5.91 Å². The molecular formula is C17H20N4O3. The zero-order valence-corrected chi connectivity index (χ0v) is 13.7. The minimum Gasteiger partial charge on any atom is -0.493 e. The highest BCUT2D eigenvalue weighted by Crippen LogP contribution is 2.30. The lowest BCUT2D eigenvalue weighted by atomic mass is 10.1. The Kier molecular flexibility index (Phi) is 4.90. The molecule has 0 fully saturated rings. The summed E-state index contributed by atoms with van der Waals surface area (Å²) in [7, 11) is 3.22. The van der Waals surface area contributed by atoms with E-state index in [-0.39, 0.29) is 5.91 Å². The Balaban J connectivity index is 1.61. The van der Waals surface area contributed by atoms with Crippen molar-refractivity contribution in [1.29, 1.82) is 0 Å². The van der Waals surface area contributed by atoms with E-state index in [2.05, 4.69) is 20.6 Å². The quantitative estimate of drug-likeness (QED) is 0.823. The molecule has 0 spiro atoms. The molecular weight excluding hydrogens is 308 g/mol. The number of rotatable bonds is 6. The third kappa shape index (κ3) is 3.16. The van der Waals surface area contributed by atoms with Gasteiger partial charge in [0.15, 0.2) is 11.5 Å². The summed E-state index contributed by atoms with van der Waals surface area (Å²) in [6.07, 6.45) is 3.84. The van der Waals surface area contributed by atoms with Gasteiger partial charge in [0, 0.05) is 24.8 Å². The van der Waals surface area contributed by atoms with Crippen molar-refractivity contribution in [3.63, 3.8) is 0 Å². The molecule has 1 aliphatic heterocycles. The standard InChI is InChI=1S/C17H20N4O3/c1-23-14-5-3-4-11(16(14)24-2)6-7-19-17(22)15-12-8-18-10-21-13(12)9-20-15/h3-5,8,10,15,20H,6-7,9H2,1-2H3,(H,19,22). The van der Waals surface area contributed by atoms with Crippen LogP contribution in [-0.2, 0) is 17.8 Å². The molecule has 7 heteroatoms. The lowest BCUT2D eigenvalue weighted by Crippen LogP contribution is -2.35. The highest BCUT2D eigenvalue weighted by Gasteiger charge is 2.28. The number of carbonyl (C=O) groups is 1. The van der Waals surface area contributed by atoms with E-state index in [1.165, 1.54) is 6.33 Å². The number of hydrogen-bond acceptors (Lipinski definition) is 6. The van der Waals surface area contributed by atoms with Gasteiger partial charge in [0.2, 0.25) is 5.91 Å². The van der Waals surface area contributed by atoms with E-state index in [1.54, 1.807) is 20.4 Å². The summed E-state index contributed by atoms with van der Waals surface area (Å²) in [5.74, 6) is 1.31. The van der Waals surface area contributed by atoms with Gasteiger partial charge in [-0.3, -0.25) is 10.1 Å². The molecule has 1 unspecified atom stereocenters. The van der Waals surface area contributed by atoms with Crippen molar-refractivity contribution < 1.29 is 14.3 Å². The van der Waals surface area contributed by atoms with Gasteiger partial charge in [-0.1, -0.05) is 12.1 Å². The van der Waals surface area contributed by atoms with Gasteiger partial charge in [-0.25, -0.2) is 9.97 Å². The Hall–Kier alpha value is -2.67. The van der Waals surface area contributed by atoms with Crippen LogP contribution in [-0.4, -0.2) is 36.6 Å². The summed E-state index contributed by atoms with van der Waals surface area (Å²) >= 11 is 0. The Morgan fingerprint density at radius 1 is 1.38 bits per heavy atom. The molecule has 0 bridgehead atoms. The van der Waals surface area contributed by atoms with Crippen molar-refractivity contribution in [2.45, 2.75) is 19.0 Å². The molecule has 1 aromatic carbocycles. The first-order chi connectivity index (χ1) is 11.7. The minimum atomic E-state index is -0.395. The molecule has 1 aromatic heterocycles. The van der Waals surface area contributed by atoms with Crippen LogP contribution in [0.25, 0.3) is 0 Å². The highest BCUT2D eigenvalue weighted by atomic mass is 16.5. The number of amides is 1. The molecule has 1 aliphatic rings. The second-order valence-corrected chi connectivity index (χ2v) is 5.43. The molecule has 2 heterocycles. The molecule has 7 nitrogen and oxygen atoms in total. The van der Waals surface area contributed by atoms with Crippen molar-refractivity contribution in [2.24, 2.45) is 0 Å². The number of para-hydroxylation sites is 1. The lowest BCUT2D eigenvalue weighted by Gasteiger charge is -2.14. The van der Waals surface area contributed by atoms with Crippen LogP contribution < -0.4 is 20.1 Å². The van der Waals surface area contributed by atoms with E-state index in [4.69, 9.17) is 9.47 Å². The third-order valence-electron chi connectivity index (χ3n) is 4.05. The van der Waals surface area contributed by atoms with Gasteiger partial charge in [-0.15, -0.1) is 0 Å². The Morgan fingerprint density at radius 2 is 2.25 bits per heavy atom. The predicted octanol–water partition coefficient (Wildman–Crippen LogP) is 0.997. The van der Waals surface area contributed by atoms with E-state index in [0.29, 0.717) is 31.0 Å². The fourth-order valence-corrected chi connectivity index (χ4v) is 2.87. The van der Waals surface area contributed by atoms with Gasteiger partial charge in [0.1, 0.15) is 12.4 Å². The number of nitrogens with zero attached hydrogens (tertiary/aromatic N) is 2. The fourth-order valence-electron chi connectivity index (χ4n) is 2.87. The Labute approximate surface area is 140 Å². The zero-order chi connectivity index (χ0) is 16.9. The summed E-state index contributed by atoms with van der Waals surface area (Å²) < 4.78 is 10.7. The van der Waals surface area contributed by atoms with Crippen LogP contribution in [0, 0.1) is 0 Å². The molecule has 24 heavy (non-hydrogen) atoms. The largest absolute Gasteiger partial charge is 0.493 e. The van der Waals surface area contributed by atoms with Crippen LogP contribution in [0.4, 0.5) is 0 Å². The normalized spacial score (nSPS) is 15.7. The summed E-state index contributed by atoms with van der Waals surface area (Å²) in [5, 5.41) is 6.10. The van der Waals surface area contributed by atoms with Crippen LogP contribution in [0.5, 0.6) is 11.5 Å². The summed E-state index contributed by atoms with van der Waals surface area (Å²) in [4.78, 5) is 20.6. The van der Waals surface area contributed by atoms with E-state index >= 15 is 0 Å². The van der Waals surface area contributed by atoms with E-state index < -0.39 is 6.04 Å². The van der Waals surface area contributed by atoms with Gasteiger partial charge in [-0.2, -0.15) is 0 Å². The second-order valence-electron chi connectivity index (χ2n) is 5.43. The topological polar surface area (TPSA) is 85.4 Å². The zero-order valence-electron chi connectivity index (χ0n) is 13.7. The van der Waals surface area contributed by atoms with Gasteiger partial charge in [-0.05, 0) is 18.1 Å². The van der Waals surface area contributed by atoms with Crippen LogP contribution in [0.3, 0.4) is 0 Å². The third-order valence-corrected chi connectivity index (χ3v) is 4.05. The number of fused-ring (bicyclic) bond motifs is 1. The van der Waals surface area contributed by atoms with Gasteiger partial charge < -0.3 is 14.8 Å². The molecule has 2 aromatic rings. The lowest BCUT2D eigenvalue weighted by molar-refractivity contribution is -0.123. The van der Waals surface area contributed by atoms with E-state index in [1.807, 2.05) is 18.2 Å². The van der Waals surface area contributed by atoms with Crippen LogP contribution >= 0.6 is 0 Å². The fraction of sp³-hybridized carbons (Fsp3) is 0.353. The minimum absolute atomic E-state index is 0.0783. The first-order valence-electron chi connectivity index (χ1n) is 7.74. The van der Waals surface area contributed by atoms with Crippen LogP contribution in [0.2, 0.25) is 0 Å². The number of benzene rings is 1. The number of aromatic nitrogens is 2. The molecule has 0 radical (unpaired) electrons. The Bertz CT molecular complexity index is 736. The molecule has 2 N–H and O–H groups in total. The monoisotopic (exact) mass is 328 g/mol. The first-order valence-corrected chi connectivity index (χ1v) is 7.74. The van der Waals surface area contributed by atoms with Gasteiger partial charge >= 0.3 is 0 Å². The van der Waals surface area contributed by atoms with Crippen LogP contribution in [0.15, 0.2) is 30.7 Å². The Morgan fingerprint density at radius 3 is 3.04 bits per heavy atom. The maximum atomic E-state index is 12.4. The highest BCUT2D eigenvalue weighted by molar-refractivity contribution is 5.84. The number of nitrogens with one attached hydrogen (secondary N) is 2. The number of carbonyl (C=O) groups excluding carboxylic acids is 1. The van der Waals surface area contributed by atoms with Crippen molar-refractivity contribution in [3.8, 4) is 11.5 Å². The van der Waals surface area contributed by atoms with Crippen molar-refractivity contribution in [3.05, 3.63) is 47.5 Å². The summed E-state index contributed by atoms with van der Waals surface area (Å²) in [6, 6.07) is 5.32.